The van der Waals surface area contributed by atoms with E-state index in [0.29, 0.717) is 12.2 Å². The number of carbonyl (C=O) groups is 1. The number of hydrogen-bond donors (Lipinski definition) is 2. The summed E-state index contributed by atoms with van der Waals surface area (Å²) in [6.07, 6.45) is 3.50. The van der Waals surface area contributed by atoms with Crippen molar-refractivity contribution in [2.75, 3.05) is 5.32 Å². The highest BCUT2D eigenvalue weighted by Crippen LogP contribution is 2.20. The van der Waals surface area contributed by atoms with Crippen molar-refractivity contribution in [3.8, 4) is 0 Å². The van der Waals surface area contributed by atoms with Crippen molar-refractivity contribution in [3.63, 3.8) is 0 Å². The van der Waals surface area contributed by atoms with Crippen molar-refractivity contribution < 1.29 is 17.6 Å². The maximum absolute atomic E-state index is 12.6. The molecule has 0 bridgehead atoms. The number of carbonyl (C=O) groups excluding carboxylic acids is 1. The van der Waals surface area contributed by atoms with Crippen LogP contribution in [0.15, 0.2) is 64.4 Å². The molecule has 0 aliphatic heterocycles. The number of hydrogen-bond acceptors (Lipinski definition) is 5. The number of benzene rings is 1. The molecule has 0 saturated heterocycles. The van der Waals surface area contributed by atoms with E-state index in [-0.39, 0.29) is 10.9 Å². The maximum atomic E-state index is 12.6. The highest BCUT2D eigenvalue weighted by Gasteiger charge is 2.26. The van der Waals surface area contributed by atoms with E-state index in [0.717, 1.165) is 5.56 Å². The lowest BCUT2D eigenvalue weighted by Gasteiger charge is -2.19. The topological polar surface area (TPSA) is 106 Å². The minimum atomic E-state index is -3.85. The second-order valence-electron chi connectivity index (χ2n) is 7.29. The molecule has 3 rings (SSSR count). The average Bonchev–Trinajstić information content (AvgIpc) is 3.26. The first-order valence-corrected chi connectivity index (χ1v) is 10.1. The summed E-state index contributed by atoms with van der Waals surface area (Å²) in [5, 5.41) is 6.62. The van der Waals surface area contributed by atoms with Crippen LogP contribution in [-0.4, -0.2) is 29.6 Å². The second kappa shape index (κ2) is 7.61. The molecule has 8 nitrogen and oxygen atoms in total. The smallest absolute Gasteiger partial charge is 0.291 e. The molecule has 0 unspecified atom stereocenters. The van der Waals surface area contributed by atoms with E-state index < -0.39 is 21.5 Å². The molecular formula is C19H22N4O4S. The molecule has 9 heteroatoms. The quantitative estimate of drug-likeness (QED) is 0.659. The fourth-order valence-corrected chi connectivity index (χ4v) is 3.93. The van der Waals surface area contributed by atoms with E-state index in [1.54, 1.807) is 43.8 Å². The van der Waals surface area contributed by atoms with Gasteiger partial charge in [-0.05, 0) is 50.6 Å². The predicted octanol–water partition coefficient (Wildman–Crippen LogP) is 2.85. The van der Waals surface area contributed by atoms with Crippen LogP contribution in [0.5, 0.6) is 0 Å². The fraction of sp³-hybridized carbons (Fsp3) is 0.263. The number of rotatable bonds is 6. The van der Waals surface area contributed by atoms with E-state index in [4.69, 9.17) is 4.42 Å². The number of nitrogens with zero attached hydrogens (tertiary/aromatic N) is 2. The first-order chi connectivity index (χ1) is 13.1. The Kier molecular flexibility index (Phi) is 5.39. The van der Waals surface area contributed by atoms with E-state index >= 15 is 0 Å². The molecule has 0 saturated carbocycles. The third kappa shape index (κ3) is 4.87. The molecule has 1 amide bonds. The van der Waals surface area contributed by atoms with E-state index in [2.05, 4.69) is 15.1 Å². The SMILES string of the molecule is CC(C)(C)NS(=O)(=O)c1ccc(C(=O)Nc2ccccc2Cn2cccn2)o1. The predicted molar refractivity (Wildman–Crippen MR) is 105 cm³/mol. The van der Waals surface area contributed by atoms with Gasteiger partial charge in [0.1, 0.15) is 0 Å². The van der Waals surface area contributed by atoms with Gasteiger partial charge in [0.15, 0.2) is 5.76 Å². The Morgan fingerprint density at radius 1 is 1.14 bits per heavy atom. The summed E-state index contributed by atoms with van der Waals surface area (Å²) in [6.45, 7) is 5.64. The van der Waals surface area contributed by atoms with Crippen molar-refractivity contribution >= 4 is 21.6 Å². The number of nitrogens with one attached hydrogen (secondary N) is 2. The van der Waals surface area contributed by atoms with E-state index in [1.807, 2.05) is 24.4 Å². The van der Waals surface area contributed by atoms with Gasteiger partial charge in [-0.2, -0.15) is 5.10 Å². The van der Waals surface area contributed by atoms with Crippen molar-refractivity contribution in [1.82, 2.24) is 14.5 Å². The first kappa shape index (κ1) is 19.8. The van der Waals surface area contributed by atoms with Crippen LogP contribution in [0.3, 0.4) is 0 Å². The lowest BCUT2D eigenvalue weighted by Crippen LogP contribution is -2.40. The minimum absolute atomic E-state index is 0.0943. The van der Waals surface area contributed by atoms with Crippen LogP contribution in [0.2, 0.25) is 0 Å². The second-order valence-corrected chi connectivity index (χ2v) is 8.90. The molecule has 0 atom stereocenters. The minimum Gasteiger partial charge on any atom is -0.438 e. The number of sulfonamides is 1. The third-order valence-electron chi connectivity index (χ3n) is 3.67. The van der Waals surface area contributed by atoms with Gasteiger partial charge in [-0.1, -0.05) is 18.2 Å². The number of amides is 1. The summed E-state index contributed by atoms with van der Waals surface area (Å²) in [7, 11) is -3.85. The molecule has 2 aromatic heterocycles. The summed E-state index contributed by atoms with van der Waals surface area (Å²) in [4.78, 5) is 12.6. The average molecular weight is 402 g/mol. The molecule has 0 aliphatic rings. The Morgan fingerprint density at radius 3 is 2.57 bits per heavy atom. The normalized spacial score (nSPS) is 12.1. The highest BCUT2D eigenvalue weighted by atomic mass is 32.2. The molecular weight excluding hydrogens is 380 g/mol. The van der Waals surface area contributed by atoms with Crippen molar-refractivity contribution in [1.29, 1.82) is 0 Å². The maximum Gasteiger partial charge on any atom is 0.291 e. The molecule has 2 heterocycles. The summed E-state index contributed by atoms with van der Waals surface area (Å²) < 4.78 is 34.2. The molecule has 148 valence electrons. The van der Waals surface area contributed by atoms with Gasteiger partial charge < -0.3 is 9.73 Å². The number of furan rings is 1. The number of para-hydroxylation sites is 1. The lowest BCUT2D eigenvalue weighted by atomic mass is 10.1. The van der Waals surface area contributed by atoms with Crippen LogP contribution >= 0.6 is 0 Å². The van der Waals surface area contributed by atoms with Crippen LogP contribution in [0.4, 0.5) is 5.69 Å². The molecule has 0 aliphatic carbocycles. The van der Waals surface area contributed by atoms with Crippen LogP contribution in [0, 0.1) is 0 Å². The molecule has 0 spiro atoms. The molecule has 2 N–H and O–H groups in total. The van der Waals surface area contributed by atoms with Gasteiger partial charge in [-0.25, -0.2) is 13.1 Å². The van der Waals surface area contributed by atoms with Crippen LogP contribution in [0.25, 0.3) is 0 Å². The van der Waals surface area contributed by atoms with Gasteiger partial charge in [0.25, 0.3) is 15.9 Å². The number of anilines is 1. The molecule has 28 heavy (non-hydrogen) atoms. The van der Waals surface area contributed by atoms with Gasteiger partial charge >= 0.3 is 0 Å². The zero-order valence-corrected chi connectivity index (χ0v) is 16.7. The third-order valence-corrected chi connectivity index (χ3v) is 5.30. The Balaban J connectivity index is 1.77. The Hall–Kier alpha value is -2.91. The van der Waals surface area contributed by atoms with Gasteiger partial charge in [0.2, 0.25) is 5.09 Å². The van der Waals surface area contributed by atoms with Crippen LogP contribution < -0.4 is 10.0 Å². The Labute approximate surface area is 163 Å². The van der Waals surface area contributed by atoms with Gasteiger partial charge in [-0.15, -0.1) is 0 Å². The van der Waals surface area contributed by atoms with Crippen molar-refractivity contribution in [2.45, 2.75) is 37.9 Å². The molecule has 0 fully saturated rings. The zero-order chi connectivity index (χ0) is 20.4. The summed E-state index contributed by atoms with van der Waals surface area (Å²) in [5.74, 6) is -0.631. The van der Waals surface area contributed by atoms with Gasteiger partial charge in [0, 0.05) is 23.6 Å². The lowest BCUT2D eigenvalue weighted by molar-refractivity contribution is 0.0991. The summed E-state index contributed by atoms with van der Waals surface area (Å²) in [5.41, 5.74) is 0.782. The van der Waals surface area contributed by atoms with Gasteiger partial charge in [-0.3, -0.25) is 9.48 Å². The van der Waals surface area contributed by atoms with E-state index in [1.165, 1.54) is 12.1 Å². The largest absolute Gasteiger partial charge is 0.438 e. The molecule has 0 radical (unpaired) electrons. The molecule has 1 aromatic carbocycles. The van der Waals surface area contributed by atoms with Crippen LogP contribution in [-0.2, 0) is 16.6 Å². The Bertz CT molecular complexity index is 1060. The summed E-state index contributed by atoms with van der Waals surface area (Å²) in [6, 6.07) is 11.7. The van der Waals surface area contributed by atoms with E-state index in [9.17, 15) is 13.2 Å². The van der Waals surface area contributed by atoms with Crippen LogP contribution in [0.1, 0.15) is 36.9 Å². The van der Waals surface area contributed by atoms with Crippen molar-refractivity contribution in [3.05, 3.63) is 66.2 Å². The fourth-order valence-electron chi connectivity index (χ4n) is 2.57. The van der Waals surface area contributed by atoms with Crippen molar-refractivity contribution in [2.24, 2.45) is 0 Å². The van der Waals surface area contributed by atoms with Gasteiger partial charge in [0.05, 0.1) is 6.54 Å². The number of aromatic nitrogens is 2. The first-order valence-electron chi connectivity index (χ1n) is 8.64. The monoisotopic (exact) mass is 402 g/mol. The standard InChI is InChI=1S/C19H22N4O4S/c1-19(2,3)22-28(25,26)17-10-9-16(27-17)18(24)21-15-8-5-4-7-14(15)13-23-12-6-11-20-23/h4-12,22H,13H2,1-3H3,(H,21,24). The zero-order valence-electron chi connectivity index (χ0n) is 15.8. The highest BCUT2D eigenvalue weighted by molar-refractivity contribution is 7.89. The Morgan fingerprint density at radius 2 is 1.89 bits per heavy atom. The molecule has 3 aromatic rings. The summed E-state index contributed by atoms with van der Waals surface area (Å²) >= 11 is 0.